The Morgan fingerprint density at radius 3 is 2.54 bits per heavy atom. The molecule has 0 saturated carbocycles. The van der Waals surface area contributed by atoms with Crippen molar-refractivity contribution in [3.63, 3.8) is 0 Å². The van der Waals surface area contributed by atoms with Gasteiger partial charge in [-0.2, -0.15) is 5.10 Å². The molecular formula is C19H27N3O2. The van der Waals surface area contributed by atoms with Gasteiger partial charge in [0.05, 0.1) is 17.7 Å². The van der Waals surface area contributed by atoms with Crippen molar-refractivity contribution in [2.45, 2.75) is 45.6 Å². The van der Waals surface area contributed by atoms with Crippen LogP contribution < -0.4 is 5.32 Å². The van der Waals surface area contributed by atoms with Crippen LogP contribution in [0.15, 0.2) is 30.3 Å². The molecule has 0 radical (unpaired) electrons. The minimum Gasteiger partial charge on any atom is -0.385 e. The number of benzene rings is 1. The van der Waals surface area contributed by atoms with Crippen LogP contribution in [0, 0.1) is 13.8 Å². The summed E-state index contributed by atoms with van der Waals surface area (Å²) in [6.07, 6.45) is 1.80. The molecule has 1 amide bonds. The molecule has 1 aromatic carbocycles. The van der Waals surface area contributed by atoms with Crippen molar-refractivity contribution in [2.75, 3.05) is 6.54 Å². The molecule has 0 aliphatic carbocycles. The van der Waals surface area contributed by atoms with E-state index in [4.69, 9.17) is 0 Å². The van der Waals surface area contributed by atoms with Crippen molar-refractivity contribution in [1.29, 1.82) is 0 Å². The third kappa shape index (κ3) is 4.45. The van der Waals surface area contributed by atoms with Crippen LogP contribution in [0.25, 0.3) is 0 Å². The SMILES string of the molecule is Cc1nn(C)c(C)c1CCCNC(=O)CC(C)(O)c1ccccc1. The zero-order valence-electron chi connectivity index (χ0n) is 15.0. The third-order valence-corrected chi connectivity index (χ3v) is 4.49. The summed E-state index contributed by atoms with van der Waals surface area (Å²) in [6, 6.07) is 9.28. The first-order chi connectivity index (χ1) is 11.3. The van der Waals surface area contributed by atoms with E-state index < -0.39 is 5.60 Å². The first-order valence-electron chi connectivity index (χ1n) is 8.35. The maximum absolute atomic E-state index is 12.1. The summed E-state index contributed by atoms with van der Waals surface area (Å²) in [6.45, 7) is 6.34. The highest BCUT2D eigenvalue weighted by atomic mass is 16.3. The average Bonchev–Trinajstić information content (AvgIpc) is 2.77. The van der Waals surface area contributed by atoms with E-state index in [1.54, 1.807) is 6.92 Å². The third-order valence-electron chi connectivity index (χ3n) is 4.49. The number of carbonyl (C=O) groups is 1. The zero-order chi connectivity index (χ0) is 17.7. The van der Waals surface area contributed by atoms with Gasteiger partial charge in [-0.1, -0.05) is 30.3 Å². The Balaban J connectivity index is 1.79. The number of nitrogens with one attached hydrogen (secondary N) is 1. The van der Waals surface area contributed by atoms with Crippen molar-refractivity contribution in [1.82, 2.24) is 15.1 Å². The fourth-order valence-electron chi connectivity index (χ4n) is 2.95. The molecule has 5 heteroatoms. The van der Waals surface area contributed by atoms with Gasteiger partial charge in [-0.25, -0.2) is 0 Å². The second-order valence-electron chi connectivity index (χ2n) is 6.54. The van der Waals surface area contributed by atoms with Crippen LogP contribution >= 0.6 is 0 Å². The molecule has 0 aliphatic heterocycles. The maximum Gasteiger partial charge on any atom is 0.223 e. The van der Waals surface area contributed by atoms with Gasteiger partial charge in [-0.15, -0.1) is 0 Å². The van der Waals surface area contributed by atoms with Crippen molar-refractivity contribution in [2.24, 2.45) is 7.05 Å². The van der Waals surface area contributed by atoms with Crippen molar-refractivity contribution in [3.8, 4) is 0 Å². The molecule has 0 spiro atoms. The van der Waals surface area contributed by atoms with E-state index in [9.17, 15) is 9.90 Å². The van der Waals surface area contributed by atoms with Gasteiger partial charge < -0.3 is 10.4 Å². The molecule has 1 heterocycles. The first kappa shape index (κ1) is 18.2. The summed E-state index contributed by atoms with van der Waals surface area (Å²) in [4.78, 5) is 12.1. The highest BCUT2D eigenvalue weighted by molar-refractivity contribution is 5.77. The number of hydrogen-bond acceptors (Lipinski definition) is 3. The zero-order valence-corrected chi connectivity index (χ0v) is 15.0. The molecule has 1 atom stereocenters. The van der Waals surface area contributed by atoms with E-state index >= 15 is 0 Å². The number of hydrogen-bond donors (Lipinski definition) is 2. The molecule has 1 unspecified atom stereocenters. The highest BCUT2D eigenvalue weighted by Crippen LogP contribution is 2.23. The van der Waals surface area contributed by atoms with E-state index in [-0.39, 0.29) is 12.3 Å². The Morgan fingerprint density at radius 2 is 1.96 bits per heavy atom. The number of aromatic nitrogens is 2. The molecule has 2 aromatic rings. The smallest absolute Gasteiger partial charge is 0.223 e. The molecule has 24 heavy (non-hydrogen) atoms. The summed E-state index contributed by atoms with van der Waals surface area (Å²) in [5, 5.41) is 17.8. The summed E-state index contributed by atoms with van der Waals surface area (Å²) in [5.41, 5.74) is 3.07. The van der Waals surface area contributed by atoms with E-state index in [1.807, 2.05) is 49.0 Å². The minimum absolute atomic E-state index is 0.0575. The largest absolute Gasteiger partial charge is 0.385 e. The lowest BCUT2D eigenvalue weighted by Gasteiger charge is -2.23. The number of nitrogens with zero attached hydrogens (tertiary/aromatic N) is 2. The summed E-state index contributed by atoms with van der Waals surface area (Å²) < 4.78 is 1.89. The Labute approximate surface area is 143 Å². The minimum atomic E-state index is -1.15. The van der Waals surface area contributed by atoms with Gasteiger partial charge in [-0.05, 0) is 44.7 Å². The average molecular weight is 329 g/mol. The number of amides is 1. The lowest BCUT2D eigenvalue weighted by atomic mass is 9.92. The van der Waals surface area contributed by atoms with E-state index in [2.05, 4.69) is 17.3 Å². The van der Waals surface area contributed by atoms with Crippen LogP contribution in [0.3, 0.4) is 0 Å². The lowest BCUT2D eigenvalue weighted by Crippen LogP contribution is -2.33. The second-order valence-corrected chi connectivity index (χ2v) is 6.54. The first-order valence-corrected chi connectivity index (χ1v) is 8.35. The summed E-state index contributed by atoms with van der Waals surface area (Å²) in [7, 11) is 1.94. The van der Waals surface area contributed by atoms with Crippen LogP contribution in [-0.2, 0) is 23.9 Å². The number of carbonyl (C=O) groups excluding carboxylic acids is 1. The molecule has 0 bridgehead atoms. The second kappa shape index (κ2) is 7.62. The van der Waals surface area contributed by atoms with Gasteiger partial charge in [0.25, 0.3) is 0 Å². The monoisotopic (exact) mass is 329 g/mol. The Bertz CT molecular complexity index is 690. The molecule has 2 rings (SSSR count). The van der Waals surface area contributed by atoms with Crippen molar-refractivity contribution in [3.05, 3.63) is 52.8 Å². The molecule has 0 saturated heterocycles. The van der Waals surface area contributed by atoms with Gasteiger partial charge in [0, 0.05) is 19.3 Å². The fraction of sp³-hybridized carbons (Fsp3) is 0.474. The van der Waals surface area contributed by atoms with Crippen LogP contribution in [0.2, 0.25) is 0 Å². The van der Waals surface area contributed by atoms with Gasteiger partial charge in [0.2, 0.25) is 5.91 Å². The molecule has 2 N–H and O–H groups in total. The topological polar surface area (TPSA) is 67.2 Å². The molecule has 5 nitrogen and oxygen atoms in total. The standard InChI is InChI=1S/C19H27N3O2/c1-14-17(15(2)22(4)21-14)11-8-12-20-18(23)13-19(3,24)16-9-6-5-7-10-16/h5-7,9-10,24H,8,11-13H2,1-4H3,(H,20,23). The quantitative estimate of drug-likeness (QED) is 0.767. The van der Waals surface area contributed by atoms with Crippen LogP contribution in [0.1, 0.15) is 42.3 Å². The van der Waals surface area contributed by atoms with Gasteiger partial charge in [-0.3, -0.25) is 9.48 Å². The number of rotatable bonds is 7. The fourth-order valence-corrected chi connectivity index (χ4v) is 2.95. The lowest BCUT2D eigenvalue weighted by molar-refractivity contribution is -0.125. The number of aliphatic hydroxyl groups is 1. The Hall–Kier alpha value is -2.14. The molecular weight excluding hydrogens is 302 g/mol. The predicted octanol–water partition coefficient (Wildman–Crippen LogP) is 2.38. The molecule has 130 valence electrons. The van der Waals surface area contributed by atoms with E-state index in [0.29, 0.717) is 6.54 Å². The molecule has 0 aliphatic rings. The van der Waals surface area contributed by atoms with E-state index in [0.717, 1.165) is 24.1 Å². The molecule has 0 fully saturated rings. The van der Waals surface area contributed by atoms with Crippen molar-refractivity contribution < 1.29 is 9.90 Å². The van der Waals surface area contributed by atoms with E-state index in [1.165, 1.54) is 11.3 Å². The van der Waals surface area contributed by atoms with Crippen LogP contribution in [0.4, 0.5) is 0 Å². The predicted molar refractivity (Wildman–Crippen MR) is 94.6 cm³/mol. The highest BCUT2D eigenvalue weighted by Gasteiger charge is 2.26. The normalized spacial score (nSPS) is 13.5. The maximum atomic E-state index is 12.1. The van der Waals surface area contributed by atoms with Gasteiger partial charge in [0.15, 0.2) is 0 Å². The van der Waals surface area contributed by atoms with Crippen molar-refractivity contribution >= 4 is 5.91 Å². The summed E-state index contributed by atoms with van der Waals surface area (Å²) in [5.74, 6) is -0.136. The molecule has 1 aromatic heterocycles. The van der Waals surface area contributed by atoms with Gasteiger partial charge >= 0.3 is 0 Å². The van der Waals surface area contributed by atoms with Crippen LogP contribution in [-0.4, -0.2) is 27.3 Å². The Kier molecular flexibility index (Phi) is 5.78. The number of aryl methyl sites for hydroxylation is 2. The Morgan fingerprint density at radius 1 is 1.29 bits per heavy atom. The van der Waals surface area contributed by atoms with Crippen LogP contribution in [0.5, 0.6) is 0 Å². The van der Waals surface area contributed by atoms with Gasteiger partial charge in [0.1, 0.15) is 0 Å². The summed E-state index contributed by atoms with van der Waals surface area (Å²) >= 11 is 0.